The molecule has 29 heavy (non-hydrogen) atoms. The third-order valence-electron chi connectivity index (χ3n) is 4.66. The number of carbonyl (C=O) groups excluding carboxylic acids is 1. The van der Waals surface area contributed by atoms with Crippen LogP contribution in [-0.2, 0) is 12.0 Å². The second kappa shape index (κ2) is 8.78. The maximum Gasteiger partial charge on any atom is 0.255 e. The predicted molar refractivity (Wildman–Crippen MR) is 118 cm³/mol. The number of methoxy groups -OCH3 is 1. The first-order valence-electron chi connectivity index (χ1n) is 9.61. The largest absolute Gasteiger partial charge is 0.496 e. The van der Waals surface area contributed by atoms with E-state index in [2.05, 4.69) is 36.4 Å². The number of nitrogens with one attached hydrogen (secondary N) is 2. The normalized spacial score (nSPS) is 11.0. The molecule has 0 saturated heterocycles. The lowest BCUT2D eigenvalue weighted by Gasteiger charge is -2.23. The van der Waals surface area contributed by atoms with Crippen molar-refractivity contribution in [3.8, 4) is 5.75 Å². The van der Waals surface area contributed by atoms with Crippen LogP contribution in [0, 0.1) is 0 Å². The molecular weight excluding hydrogens is 362 g/mol. The van der Waals surface area contributed by atoms with Crippen LogP contribution in [0.4, 0.5) is 11.5 Å². The highest BCUT2D eigenvalue weighted by Crippen LogP contribution is 2.29. The lowest BCUT2D eigenvalue weighted by Crippen LogP contribution is -2.19. The Balaban J connectivity index is 1.74. The highest BCUT2D eigenvalue weighted by molar-refractivity contribution is 6.05. The third kappa shape index (κ3) is 5.13. The van der Waals surface area contributed by atoms with Crippen molar-refractivity contribution in [2.24, 2.45) is 0 Å². The van der Waals surface area contributed by atoms with Crippen LogP contribution in [0.25, 0.3) is 0 Å². The maximum absolute atomic E-state index is 12.8. The fourth-order valence-corrected chi connectivity index (χ4v) is 3.14. The van der Waals surface area contributed by atoms with Crippen molar-refractivity contribution >= 4 is 17.4 Å². The van der Waals surface area contributed by atoms with Gasteiger partial charge in [-0.1, -0.05) is 57.2 Å². The number of benzene rings is 2. The number of hydrogen-bond donors (Lipinski definition) is 2. The third-order valence-corrected chi connectivity index (χ3v) is 4.66. The Morgan fingerprint density at radius 1 is 1.03 bits per heavy atom. The minimum atomic E-state index is -0.163. The van der Waals surface area contributed by atoms with E-state index < -0.39 is 0 Å². The topological polar surface area (TPSA) is 63.2 Å². The van der Waals surface area contributed by atoms with Gasteiger partial charge in [-0.2, -0.15) is 0 Å². The molecule has 150 valence electrons. The van der Waals surface area contributed by atoms with Gasteiger partial charge in [-0.25, -0.2) is 4.98 Å². The van der Waals surface area contributed by atoms with Crippen molar-refractivity contribution < 1.29 is 9.53 Å². The molecule has 0 saturated carbocycles. The Morgan fingerprint density at radius 2 is 1.76 bits per heavy atom. The molecule has 1 aromatic heterocycles. The van der Waals surface area contributed by atoms with Crippen LogP contribution < -0.4 is 15.4 Å². The predicted octanol–water partition coefficient (Wildman–Crippen LogP) is 5.25. The first-order chi connectivity index (χ1) is 13.9. The van der Waals surface area contributed by atoms with Crippen LogP contribution >= 0.6 is 0 Å². The van der Waals surface area contributed by atoms with E-state index >= 15 is 0 Å². The fraction of sp³-hybridized carbons (Fsp3) is 0.250. The molecule has 0 radical (unpaired) electrons. The number of rotatable bonds is 6. The number of hydrogen-bond acceptors (Lipinski definition) is 4. The summed E-state index contributed by atoms with van der Waals surface area (Å²) in [6.07, 6.45) is 1.63. The molecule has 0 spiro atoms. The number of carbonyl (C=O) groups is 1. The fourth-order valence-electron chi connectivity index (χ4n) is 3.14. The van der Waals surface area contributed by atoms with Gasteiger partial charge in [0.2, 0.25) is 0 Å². The van der Waals surface area contributed by atoms with E-state index in [1.807, 2.05) is 48.5 Å². The average Bonchev–Trinajstić information content (AvgIpc) is 2.72. The molecule has 3 aromatic rings. The van der Waals surface area contributed by atoms with E-state index in [0.717, 1.165) is 22.6 Å². The van der Waals surface area contributed by atoms with Crippen molar-refractivity contribution in [1.82, 2.24) is 4.98 Å². The maximum atomic E-state index is 12.8. The summed E-state index contributed by atoms with van der Waals surface area (Å²) in [6.45, 7) is 6.94. The summed E-state index contributed by atoms with van der Waals surface area (Å²) in [7, 11) is 1.65. The smallest absolute Gasteiger partial charge is 0.255 e. The van der Waals surface area contributed by atoms with Crippen LogP contribution in [0.5, 0.6) is 5.75 Å². The molecule has 0 unspecified atom stereocenters. The summed E-state index contributed by atoms with van der Waals surface area (Å²) in [5, 5.41) is 6.30. The molecular formula is C24H27N3O2. The molecule has 5 heteroatoms. The van der Waals surface area contributed by atoms with Crippen molar-refractivity contribution in [3.05, 3.63) is 83.6 Å². The molecule has 1 amide bonds. The number of anilines is 2. The van der Waals surface area contributed by atoms with E-state index in [1.165, 1.54) is 0 Å². The Bertz CT molecular complexity index is 993. The lowest BCUT2D eigenvalue weighted by molar-refractivity contribution is 0.102. The number of amides is 1. The van der Waals surface area contributed by atoms with Crippen molar-refractivity contribution in [2.45, 2.75) is 32.7 Å². The first-order valence-corrected chi connectivity index (χ1v) is 9.61. The molecule has 5 nitrogen and oxygen atoms in total. The van der Waals surface area contributed by atoms with Gasteiger partial charge in [0, 0.05) is 29.6 Å². The Morgan fingerprint density at radius 3 is 2.52 bits per heavy atom. The zero-order chi connectivity index (χ0) is 20.9. The SMILES string of the molecule is COc1ccccc1CNc1cc(C(=O)Nc2ccccc2C(C)(C)C)ccn1. The molecule has 0 atom stereocenters. The highest BCUT2D eigenvalue weighted by Gasteiger charge is 2.19. The van der Waals surface area contributed by atoms with Gasteiger partial charge < -0.3 is 15.4 Å². The summed E-state index contributed by atoms with van der Waals surface area (Å²) in [4.78, 5) is 17.2. The van der Waals surface area contributed by atoms with Gasteiger partial charge in [-0.15, -0.1) is 0 Å². The lowest BCUT2D eigenvalue weighted by atomic mass is 9.86. The number of nitrogens with zero attached hydrogens (tertiary/aromatic N) is 1. The van der Waals surface area contributed by atoms with Gasteiger partial charge in [0.15, 0.2) is 0 Å². The standard InChI is InChI=1S/C24H27N3O2/c1-24(2,3)19-10-6-7-11-20(19)27-23(28)17-13-14-25-22(15-17)26-16-18-9-5-8-12-21(18)29-4/h5-15H,16H2,1-4H3,(H,25,26)(H,27,28). The average molecular weight is 389 g/mol. The van der Waals surface area contributed by atoms with Crippen LogP contribution in [0.3, 0.4) is 0 Å². The van der Waals surface area contributed by atoms with Gasteiger partial charge in [-0.05, 0) is 35.2 Å². The minimum Gasteiger partial charge on any atom is -0.496 e. The summed E-state index contributed by atoms with van der Waals surface area (Å²) in [6, 6.07) is 19.2. The number of para-hydroxylation sites is 2. The van der Waals surface area contributed by atoms with E-state index in [0.29, 0.717) is 17.9 Å². The molecule has 0 bridgehead atoms. The minimum absolute atomic E-state index is 0.0659. The highest BCUT2D eigenvalue weighted by atomic mass is 16.5. The molecule has 2 N–H and O–H groups in total. The van der Waals surface area contributed by atoms with Crippen LogP contribution in [0.2, 0.25) is 0 Å². The molecule has 0 aliphatic heterocycles. The quantitative estimate of drug-likeness (QED) is 0.604. The summed E-state index contributed by atoms with van der Waals surface area (Å²) < 4.78 is 5.38. The van der Waals surface area contributed by atoms with Gasteiger partial charge in [0.05, 0.1) is 7.11 Å². The molecule has 2 aromatic carbocycles. The van der Waals surface area contributed by atoms with Crippen molar-refractivity contribution in [3.63, 3.8) is 0 Å². The molecule has 0 aliphatic rings. The Labute approximate surface area is 172 Å². The van der Waals surface area contributed by atoms with E-state index in [9.17, 15) is 4.79 Å². The van der Waals surface area contributed by atoms with Crippen LogP contribution in [0.1, 0.15) is 42.3 Å². The summed E-state index contributed by atoms with van der Waals surface area (Å²) in [5.41, 5.74) is 3.42. The zero-order valence-corrected chi connectivity index (χ0v) is 17.3. The molecule has 0 aliphatic carbocycles. The summed E-state index contributed by atoms with van der Waals surface area (Å²) in [5.74, 6) is 1.28. The van der Waals surface area contributed by atoms with Gasteiger partial charge >= 0.3 is 0 Å². The van der Waals surface area contributed by atoms with Crippen LogP contribution in [-0.4, -0.2) is 18.0 Å². The van der Waals surface area contributed by atoms with E-state index in [1.54, 1.807) is 25.4 Å². The summed E-state index contributed by atoms with van der Waals surface area (Å²) >= 11 is 0. The Kier molecular flexibility index (Phi) is 6.17. The Hall–Kier alpha value is -3.34. The number of pyridine rings is 1. The molecule has 3 rings (SSSR count). The molecule has 0 fully saturated rings. The number of aromatic nitrogens is 1. The van der Waals surface area contributed by atoms with Crippen molar-refractivity contribution in [2.75, 3.05) is 17.7 Å². The van der Waals surface area contributed by atoms with Crippen molar-refractivity contribution in [1.29, 1.82) is 0 Å². The second-order valence-corrected chi connectivity index (χ2v) is 7.84. The zero-order valence-electron chi connectivity index (χ0n) is 17.3. The number of ether oxygens (including phenoxy) is 1. The second-order valence-electron chi connectivity index (χ2n) is 7.84. The van der Waals surface area contributed by atoms with E-state index in [4.69, 9.17) is 4.74 Å². The van der Waals surface area contributed by atoms with Gasteiger partial charge in [0.25, 0.3) is 5.91 Å². The van der Waals surface area contributed by atoms with E-state index in [-0.39, 0.29) is 11.3 Å². The van der Waals surface area contributed by atoms with Gasteiger partial charge in [-0.3, -0.25) is 4.79 Å². The van der Waals surface area contributed by atoms with Crippen LogP contribution in [0.15, 0.2) is 66.9 Å². The molecule has 1 heterocycles. The van der Waals surface area contributed by atoms with Gasteiger partial charge in [0.1, 0.15) is 11.6 Å². The first kappa shape index (κ1) is 20.4. The monoisotopic (exact) mass is 389 g/mol.